The second kappa shape index (κ2) is 4.92. The number of benzene rings is 1. The summed E-state index contributed by atoms with van der Waals surface area (Å²) in [4.78, 5) is 0. The van der Waals surface area contributed by atoms with E-state index in [-0.39, 0.29) is 0 Å². The molecule has 2 aromatic rings. The van der Waals surface area contributed by atoms with Crippen LogP contribution in [0.4, 0.5) is 0 Å². The molecule has 0 aliphatic carbocycles. The van der Waals surface area contributed by atoms with Crippen molar-refractivity contribution in [2.24, 2.45) is 0 Å². The molecule has 0 atom stereocenters. The van der Waals surface area contributed by atoms with Gasteiger partial charge >= 0.3 is 0 Å². The molecule has 0 saturated heterocycles. The molecule has 1 heterocycles. The average Bonchev–Trinajstić information content (AvgIpc) is 2.70. The summed E-state index contributed by atoms with van der Waals surface area (Å²) in [5, 5.41) is 4.31. The molecule has 2 rings (SSSR count). The van der Waals surface area contributed by atoms with E-state index in [1.165, 1.54) is 11.1 Å². The van der Waals surface area contributed by atoms with Crippen LogP contribution in [0.1, 0.15) is 24.5 Å². The van der Waals surface area contributed by atoms with E-state index in [4.69, 9.17) is 0 Å². The van der Waals surface area contributed by atoms with Gasteiger partial charge in [-0.3, -0.25) is 0 Å². The smallest absolute Gasteiger partial charge is 0.233 e. The van der Waals surface area contributed by atoms with Gasteiger partial charge in [0.1, 0.15) is 6.54 Å². The monoisotopic (exact) mass is 216 g/mol. The second-order valence-corrected chi connectivity index (χ2v) is 4.11. The normalized spacial score (nSPS) is 10.6. The van der Waals surface area contributed by atoms with Crippen LogP contribution >= 0.6 is 0 Å². The van der Waals surface area contributed by atoms with E-state index in [0.29, 0.717) is 0 Å². The molecule has 0 amide bonds. The van der Waals surface area contributed by atoms with Gasteiger partial charge in [-0.2, -0.15) is 0 Å². The third kappa shape index (κ3) is 2.48. The molecule has 0 unspecified atom stereocenters. The molecule has 0 bridgehead atoms. The van der Waals surface area contributed by atoms with Gasteiger partial charge < -0.3 is 0 Å². The van der Waals surface area contributed by atoms with Crippen molar-refractivity contribution in [3.63, 3.8) is 0 Å². The zero-order chi connectivity index (χ0) is 11.4. The number of nitrogens with zero attached hydrogens (tertiary/aromatic N) is 3. The van der Waals surface area contributed by atoms with Gasteiger partial charge in [-0.05, 0) is 24.5 Å². The Morgan fingerprint density at radius 2 is 2.12 bits per heavy atom. The molecule has 0 saturated carbocycles. The molecule has 0 N–H and O–H groups in total. The Labute approximate surface area is 96.4 Å². The van der Waals surface area contributed by atoms with Crippen LogP contribution in [0.15, 0.2) is 36.9 Å². The van der Waals surface area contributed by atoms with Crippen molar-refractivity contribution < 1.29 is 4.57 Å². The van der Waals surface area contributed by atoms with Gasteiger partial charge in [0, 0.05) is 5.10 Å². The fourth-order valence-electron chi connectivity index (χ4n) is 1.77. The zero-order valence-electron chi connectivity index (χ0n) is 9.93. The topological polar surface area (TPSA) is 21.7 Å². The predicted octanol–water partition coefficient (Wildman–Crippen LogP) is 1.94. The first-order valence-electron chi connectivity index (χ1n) is 5.75. The molecule has 3 nitrogen and oxygen atoms in total. The highest BCUT2D eigenvalue weighted by atomic mass is 15.3. The third-order valence-corrected chi connectivity index (χ3v) is 2.70. The first-order valence-corrected chi connectivity index (χ1v) is 5.75. The van der Waals surface area contributed by atoms with Gasteiger partial charge in [-0.25, -0.2) is 4.57 Å². The number of rotatable bonds is 4. The summed E-state index contributed by atoms with van der Waals surface area (Å²) in [6.45, 7) is 6.19. The summed E-state index contributed by atoms with van der Waals surface area (Å²) in [5.74, 6) is 0. The van der Waals surface area contributed by atoms with Gasteiger partial charge in [-0.1, -0.05) is 31.2 Å². The maximum Gasteiger partial charge on any atom is 0.265 e. The molecule has 1 aromatic heterocycles. The molecule has 16 heavy (non-hydrogen) atoms. The van der Waals surface area contributed by atoms with Crippen molar-refractivity contribution in [1.82, 2.24) is 9.78 Å². The van der Waals surface area contributed by atoms with Crippen molar-refractivity contribution in [2.45, 2.75) is 33.4 Å². The maximum absolute atomic E-state index is 4.31. The Balaban J connectivity index is 2.11. The minimum atomic E-state index is 0.899. The highest BCUT2D eigenvalue weighted by Crippen LogP contribution is 2.05. The molecule has 0 spiro atoms. The van der Waals surface area contributed by atoms with Crippen LogP contribution in [0, 0.1) is 6.92 Å². The molecule has 84 valence electrons. The van der Waals surface area contributed by atoms with E-state index in [1.807, 2.05) is 11.0 Å². The van der Waals surface area contributed by atoms with Crippen molar-refractivity contribution in [2.75, 3.05) is 0 Å². The summed E-state index contributed by atoms with van der Waals surface area (Å²) in [7, 11) is 0. The van der Waals surface area contributed by atoms with E-state index >= 15 is 0 Å². The lowest BCUT2D eigenvalue weighted by Crippen LogP contribution is -2.32. The Kier molecular flexibility index (Phi) is 3.34. The summed E-state index contributed by atoms with van der Waals surface area (Å²) in [6.07, 6.45) is 5.07. The lowest BCUT2D eigenvalue weighted by molar-refractivity contribution is -0.689. The van der Waals surface area contributed by atoms with Crippen LogP contribution in [-0.2, 0) is 13.1 Å². The summed E-state index contributed by atoms with van der Waals surface area (Å²) < 4.78 is 4.11. The van der Waals surface area contributed by atoms with Gasteiger partial charge in [0.15, 0.2) is 0 Å². The maximum atomic E-state index is 4.31. The van der Waals surface area contributed by atoms with Crippen molar-refractivity contribution >= 4 is 0 Å². The molecule has 0 aliphatic heterocycles. The largest absolute Gasteiger partial charge is 0.265 e. The summed E-state index contributed by atoms with van der Waals surface area (Å²) in [5.41, 5.74) is 2.68. The SMILES string of the molecule is CCCn1c[n+](Cc2ccccc2C)cn1. The van der Waals surface area contributed by atoms with Crippen molar-refractivity contribution in [3.05, 3.63) is 48.0 Å². The minimum absolute atomic E-state index is 0.899. The first kappa shape index (κ1) is 10.9. The summed E-state index contributed by atoms with van der Waals surface area (Å²) >= 11 is 0. The number of hydrogen-bond acceptors (Lipinski definition) is 1. The van der Waals surface area contributed by atoms with Crippen molar-refractivity contribution in [3.8, 4) is 0 Å². The van der Waals surface area contributed by atoms with Crippen LogP contribution < -0.4 is 4.57 Å². The van der Waals surface area contributed by atoms with E-state index in [2.05, 4.69) is 54.1 Å². The number of hydrogen-bond donors (Lipinski definition) is 0. The quantitative estimate of drug-likeness (QED) is 0.716. The molecule has 3 heteroatoms. The van der Waals surface area contributed by atoms with Crippen molar-refractivity contribution in [1.29, 1.82) is 0 Å². The first-order chi connectivity index (χ1) is 7.79. The van der Waals surface area contributed by atoms with Gasteiger partial charge in [-0.15, -0.1) is 4.68 Å². The molecule has 0 aliphatic rings. The Hall–Kier alpha value is -1.64. The molecular formula is C13H18N3+. The Bertz CT molecular complexity index is 460. The number of aryl methyl sites for hydroxylation is 2. The van der Waals surface area contributed by atoms with Crippen LogP contribution in [0.2, 0.25) is 0 Å². The van der Waals surface area contributed by atoms with E-state index in [1.54, 1.807) is 0 Å². The highest BCUT2D eigenvalue weighted by Gasteiger charge is 2.06. The summed E-state index contributed by atoms with van der Waals surface area (Å²) in [6, 6.07) is 8.47. The fraction of sp³-hybridized carbons (Fsp3) is 0.385. The lowest BCUT2D eigenvalue weighted by Gasteiger charge is -2.01. The van der Waals surface area contributed by atoms with Crippen LogP contribution in [0.5, 0.6) is 0 Å². The standard InChI is InChI=1S/C13H18N3/c1-3-8-16-11-15(10-14-16)9-13-7-5-4-6-12(13)2/h4-7,10-11H,3,8-9H2,1-2H3/q+1. The van der Waals surface area contributed by atoms with Crippen LogP contribution in [0.3, 0.4) is 0 Å². The van der Waals surface area contributed by atoms with Crippen LogP contribution in [-0.4, -0.2) is 9.78 Å². The van der Waals surface area contributed by atoms with E-state index < -0.39 is 0 Å². The fourth-order valence-corrected chi connectivity index (χ4v) is 1.77. The molecular weight excluding hydrogens is 198 g/mol. The van der Waals surface area contributed by atoms with Crippen LogP contribution in [0.25, 0.3) is 0 Å². The zero-order valence-corrected chi connectivity index (χ0v) is 9.93. The Morgan fingerprint density at radius 1 is 1.31 bits per heavy atom. The Morgan fingerprint density at radius 3 is 2.88 bits per heavy atom. The van der Waals surface area contributed by atoms with Gasteiger partial charge in [0.05, 0.1) is 6.54 Å². The second-order valence-electron chi connectivity index (χ2n) is 4.11. The predicted molar refractivity (Wildman–Crippen MR) is 63.0 cm³/mol. The molecule has 1 aromatic carbocycles. The van der Waals surface area contributed by atoms with Gasteiger partial charge in [0.25, 0.3) is 6.33 Å². The minimum Gasteiger partial charge on any atom is -0.233 e. The molecule has 0 fully saturated rings. The lowest BCUT2D eigenvalue weighted by atomic mass is 10.1. The number of aromatic nitrogens is 3. The third-order valence-electron chi connectivity index (χ3n) is 2.70. The van der Waals surface area contributed by atoms with E-state index in [0.717, 1.165) is 19.5 Å². The van der Waals surface area contributed by atoms with E-state index in [9.17, 15) is 0 Å². The van der Waals surface area contributed by atoms with Gasteiger partial charge in [0.2, 0.25) is 6.33 Å². The highest BCUT2D eigenvalue weighted by molar-refractivity contribution is 5.24. The average molecular weight is 216 g/mol. The molecule has 0 radical (unpaired) electrons.